The quantitative estimate of drug-likeness (QED) is 0.328. The smallest absolute Gasteiger partial charge is 0.0154 e. The fraction of sp³-hybridized carbons (Fsp3) is 0.810. The summed E-state index contributed by atoms with van der Waals surface area (Å²) in [4.78, 5) is 0. The number of allylic oxidation sites excluding steroid dienone is 3. The van der Waals surface area contributed by atoms with E-state index in [2.05, 4.69) is 60.3 Å². The highest BCUT2D eigenvalue weighted by Gasteiger charge is 2.25. The van der Waals surface area contributed by atoms with Crippen molar-refractivity contribution in [2.24, 2.45) is 23.7 Å². The molecule has 0 aromatic carbocycles. The van der Waals surface area contributed by atoms with Crippen molar-refractivity contribution in [1.82, 2.24) is 0 Å². The molecule has 0 saturated heterocycles. The van der Waals surface area contributed by atoms with Gasteiger partial charge >= 0.3 is 0 Å². The first-order chi connectivity index (χ1) is 9.97. The monoisotopic (exact) mass is 292 g/mol. The normalized spacial score (nSPS) is 18.1. The molecular formula is C21H40. The third-order valence-corrected chi connectivity index (χ3v) is 4.93. The number of hydrogen-bond donors (Lipinski definition) is 0. The molecule has 0 heteroatoms. The molecule has 4 atom stereocenters. The second-order valence-corrected chi connectivity index (χ2v) is 7.19. The van der Waals surface area contributed by atoms with Gasteiger partial charge in [-0.2, -0.15) is 0 Å². The minimum atomic E-state index is 0.744. The molecule has 0 spiro atoms. The number of hydrogen-bond acceptors (Lipinski definition) is 0. The molecule has 0 N–H and O–H groups in total. The fourth-order valence-corrected chi connectivity index (χ4v) is 3.93. The molecule has 0 bridgehead atoms. The summed E-state index contributed by atoms with van der Waals surface area (Å²) in [5, 5.41) is 0. The standard InChI is InChI=1S/C21H40/c1-8-11-14-17(4)16-20(7)21(18(5)13-10-3)19(6)15-12-9-2/h9,13,17,19-21H,2,8,10-12,14-16H2,1,3-7H3. The van der Waals surface area contributed by atoms with Gasteiger partial charge in [-0.3, -0.25) is 0 Å². The maximum absolute atomic E-state index is 3.89. The van der Waals surface area contributed by atoms with Gasteiger partial charge < -0.3 is 0 Å². The van der Waals surface area contributed by atoms with Crippen molar-refractivity contribution in [1.29, 1.82) is 0 Å². The van der Waals surface area contributed by atoms with E-state index in [-0.39, 0.29) is 0 Å². The van der Waals surface area contributed by atoms with Gasteiger partial charge in [0.25, 0.3) is 0 Å². The van der Waals surface area contributed by atoms with Crippen LogP contribution in [-0.4, -0.2) is 0 Å². The summed E-state index contributed by atoms with van der Waals surface area (Å²) in [5.74, 6) is 3.16. The molecular weight excluding hydrogens is 252 g/mol. The van der Waals surface area contributed by atoms with Gasteiger partial charge in [0.1, 0.15) is 0 Å². The molecule has 0 amide bonds. The molecule has 124 valence electrons. The van der Waals surface area contributed by atoms with E-state index >= 15 is 0 Å². The predicted octanol–water partition coefficient (Wildman–Crippen LogP) is 7.41. The minimum absolute atomic E-state index is 0.744. The van der Waals surface area contributed by atoms with Crippen LogP contribution >= 0.6 is 0 Å². The van der Waals surface area contributed by atoms with Crippen molar-refractivity contribution >= 4 is 0 Å². The molecule has 4 unspecified atom stereocenters. The Morgan fingerprint density at radius 2 is 1.71 bits per heavy atom. The van der Waals surface area contributed by atoms with Crippen LogP contribution in [0.25, 0.3) is 0 Å². The highest BCUT2D eigenvalue weighted by Crippen LogP contribution is 2.35. The zero-order valence-corrected chi connectivity index (χ0v) is 15.6. The van der Waals surface area contributed by atoms with Gasteiger partial charge in [-0.05, 0) is 56.3 Å². The van der Waals surface area contributed by atoms with Crippen LogP contribution in [0.3, 0.4) is 0 Å². The summed E-state index contributed by atoms with van der Waals surface area (Å²) in [6.07, 6.45) is 13.6. The predicted molar refractivity (Wildman–Crippen MR) is 98.6 cm³/mol. The molecule has 0 aromatic heterocycles. The first kappa shape index (κ1) is 20.5. The van der Waals surface area contributed by atoms with E-state index in [1.807, 2.05) is 0 Å². The Kier molecular flexibility index (Phi) is 11.8. The minimum Gasteiger partial charge on any atom is -0.103 e. The fourth-order valence-electron chi connectivity index (χ4n) is 3.93. The first-order valence-corrected chi connectivity index (χ1v) is 9.25. The molecule has 0 radical (unpaired) electrons. The lowest BCUT2D eigenvalue weighted by Crippen LogP contribution is -2.23. The van der Waals surface area contributed by atoms with Crippen molar-refractivity contribution in [3.8, 4) is 0 Å². The third-order valence-electron chi connectivity index (χ3n) is 4.93. The second-order valence-electron chi connectivity index (χ2n) is 7.19. The SMILES string of the molecule is C=CCCC(C)C(C(C)=CCC)C(C)CC(C)CCCC. The van der Waals surface area contributed by atoms with E-state index in [0.29, 0.717) is 0 Å². The second kappa shape index (κ2) is 12.1. The van der Waals surface area contributed by atoms with Gasteiger partial charge in [-0.25, -0.2) is 0 Å². The lowest BCUT2D eigenvalue weighted by molar-refractivity contribution is 0.242. The molecule has 21 heavy (non-hydrogen) atoms. The Labute approximate surface area is 135 Å². The van der Waals surface area contributed by atoms with Crippen molar-refractivity contribution in [3.05, 3.63) is 24.3 Å². The van der Waals surface area contributed by atoms with Crippen molar-refractivity contribution in [2.75, 3.05) is 0 Å². The van der Waals surface area contributed by atoms with Crippen molar-refractivity contribution in [2.45, 2.75) is 86.5 Å². The van der Waals surface area contributed by atoms with E-state index < -0.39 is 0 Å². The van der Waals surface area contributed by atoms with Crippen LogP contribution in [0.2, 0.25) is 0 Å². The summed E-state index contributed by atoms with van der Waals surface area (Å²) in [6.45, 7) is 18.1. The van der Waals surface area contributed by atoms with E-state index in [1.54, 1.807) is 5.57 Å². The molecule has 0 aliphatic carbocycles. The Balaban J connectivity index is 4.76. The summed E-state index contributed by atoms with van der Waals surface area (Å²) in [6, 6.07) is 0. The van der Waals surface area contributed by atoms with Gasteiger partial charge in [-0.15, -0.1) is 6.58 Å². The highest BCUT2D eigenvalue weighted by atomic mass is 14.3. The van der Waals surface area contributed by atoms with Crippen LogP contribution in [0.1, 0.15) is 86.5 Å². The average Bonchev–Trinajstić information content (AvgIpc) is 2.43. The van der Waals surface area contributed by atoms with E-state index in [4.69, 9.17) is 0 Å². The van der Waals surface area contributed by atoms with Crippen LogP contribution in [-0.2, 0) is 0 Å². The van der Waals surface area contributed by atoms with E-state index in [1.165, 1.54) is 32.1 Å². The molecule has 0 fully saturated rings. The molecule has 0 aromatic rings. The Hall–Kier alpha value is -0.520. The number of rotatable bonds is 12. The maximum Gasteiger partial charge on any atom is -0.0154 e. The lowest BCUT2D eigenvalue weighted by atomic mass is 9.73. The van der Waals surface area contributed by atoms with Crippen LogP contribution < -0.4 is 0 Å². The zero-order chi connectivity index (χ0) is 16.3. The summed E-state index contributed by atoms with van der Waals surface area (Å²) in [7, 11) is 0. The van der Waals surface area contributed by atoms with Gasteiger partial charge in [-0.1, -0.05) is 71.6 Å². The van der Waals surface area contributed by atoms with Gasteiger partial charge in [0, 0.05) is 0 Å². The number of unbranched alkanes of at least 4 members (excludes halogenated alkanes) is 1. The van der Waals surface area contributed by atoms with E-state index in [9.17, 15) is 0 Å². The average molecular weight is 293 g/mol. The molecule has 0 saturated carbocycles. The zero-order valence-electron chi connectivity index (χ0n) is 15.6. The molecule has 0 heterocycles. The maximum atomic E-state index is 3.89. The van der Waals surface area contributed by atoms with Gasteiger partial charge in [0.2, 0.25) is 0 Å². The highest BCUT2D eigenvalue weighted by molar-refractivity contribution is 5.06. The summed E-state index contributed by atoms with van der Waals surface area (Å²) >= 11 is 0. The first-order valence-electron chi connectivity index (χ1n) is 9.25. The molecule has 0 nitrogen and oxygen atoms in total. The van der Waals surface area contributed by atoms with Crippen LogP contribution in [0.4, 0.5) is 0 Å². The van der Waals surface area contributed by atoms with E-state index in [0.717, 1.165) is 36.5 Å². The largest absolute Gasteiger partial charge is 0.103 e. The van der Waals surface area contributed by atoms with Crippen LogP contribution in [0.15, 0.2) is 24.3 Å². The topological polar surface area (TPSA) is 0 Å². The van der Waals surface area contributed by atoms with Crippen molar-refractivity contribution < 1.29 is 0 Å². The van der Waals surface area contributed by atoms with Gasteiger partial charge in [0.05, 0.1) is 0 Å². The van der Waals surface area contributed by atoms with Crippen LogP contribution in [0.5, 0.6) is 0 Å². The van der Waals surface area contributed by atoms with Gasteiger partial charge in [0.15, 0.2) is 0 Å². The molecule has 0 aliphatic rings. The lowest BCUT2D eigenvalue weighted by Gasteiger charge is -2.32. The Bertz CT molecular complexity index is 286. The Morgan fingerprint density at radius 3 is 2.24 bits per heavy atom. The third kappa shape index (κ3) is 8.49. The molecule has 0 rings (SSSR count). The van der Waals surface area contributed by atoms with Crippen LogP contribution in [0, 0.1) is 23.7 Å². The summed E-state index contributed by atoms with van der Waals surface area (Å²) in [5.41, 5.74) is 1.62. The summed E-state index contributed by atoms with van der Waals surface area (Å²) < 4.78 is 0. The Morgan fingerprint density at radius 1 is 1.05 bits per heavy atom. The molecule has 0 aliphatic heterocycles. The van der Waals surface area contributed by atoms with Crippen molar-refractivity contribution in [3.63, 3.8) is 0 Å².